The Morgan fingerprint density at radius 1 is 1.43 bits per heavy atom. The molecule has 0 aromatic heterocycles. The van der Waals surface area contributed by atoms with Gasteiger partial charge in [0, 0.05) is 25.3 Å². The minimum atomic E-state index is -0.0404. The molecule has 23 heavy (non-hydrogen) atoms. The Morgan fingerprint density at radius 3 is 2.91 bits per heavy atom. The number of rotatable bonds is 3. The van der Waals surface area contributed by atoms with Crippen molar-refractivity contribution in [3.05, 3.63) is 23.8 Å². The highest BCUT2D eigenvalue weighted by molar-refractivity contribution is 5.74. The monoisotopic (exact) mass is 320 g/mol. The standard InChI is InChI=1S/C17H24N2O4/c1-22-15-4-2-3-13-9-14(11-23-16(13)15)18-17(21)19-7-5-12(10-20)6-8-19/h2-4,12,14,20H,5-11H2,1H3,(H,18,21)/t14-/m1/s1. The first kappa shape index (κ1) is 15.9. The fourth-order valence-electron chi connectivity index (χ4n) is 3.23. The molecule has 1 fully saturated rings. The largest absolute Gasteiger partial charge is 0.493 e. The Kier molecular flexibility index (Phi) is 4.91. The number of carbonyl (C=O) groups excluding carboxylic acids is 1. The van der Waals surface area contributed by atoms with Gasteiger partial charge in [0.15, 0.2) is 11.5 Å². The predicted molar refractivity (Wildman–Crippen MR) is 85.9 cm³/mol. The average molecular weight is 320 g/mol. The maximum Gasteiger partial charge on any atom is 0.317 e. The zero-order valence-electron chi connectivity index (χ0n) is 13.5. The molecular weight excluding hydrogens is 296 g/mol. The van der Waals surface area contributed by atoms with Crippen molar-refractivity contribution in [2.24, 2.45) is 5.92 Å². The summed E-state index contributed by atoms with van der Waals surface area (Å²) in [4.78, 5) is 14.2. The van der Waals surface area contributed by atoms with E-state index in [4.69, 9.17) is 14.6 Å². The second-order valence-corrected chi connectivity index (χ2v) is 6.22. The zero-order valence-corrected chi connectivity index (χ0v) is 13.5. The third-order valence-electron chi connectivity index (χ3n) is 4.66. The van der Waals surface area contributed by atoms with E-state index in [9.17, 15) is 4.79 Å². The van der Waals surface area contributed by atoms with Gasteiger partial charge in [-0.2, -0.15) is 0 Å². The number of aliphatic hydroxyl groups is 1. The number of likely N-dealkylation sites (tertiary alicyclic amines) is 1. The number of nitrogens with zero attached hydrogens (tertiary/aromatic N) is 1. The van der Waals surface area contributed by atoms with Gasteiger partial charge in [-0.05, 0) is 31.2 Å². The molecule has 6 heteroatoms. The highest BCUT2D eigenvalue weighted by atomic mass is 16.5. The maximum absolute atomic E-state index is 12.4. The van der Waals surface area contributed by atoms with Gasteiger partial charge < -0.3 is 24.8 Å². The molecule has 126 valence electrons. The van der Waals surface area contributed by atoms with Crippen molar-refractivity contribution in [3.8, 4) is 11.5 Å². The summed E-state index contributed by atoms with van der Waals surface area (Å²) in [6, 6.07) is 5.75. The molecule has 2 N–H and O–H groups in total. The molecule has 1 saturated heterocycles. The van der Waals surface area contributed by atoms with Crippen LogP contribution in [0.15, 0.2) is 18.2 Å². The number of ether oxygens (including phenoxy) is 2. The summed E-state index contributed by atoms with van der Waals surface area (Å²) in [5.74, 6) is 1.85. The van der Waals surface area contributed by atoms with E-state index in [1.807, 2.05) is 23.1 Å². The van der Waals surface area contributed by atoms with Crippen molar-refractivity contribution in [3.63, 3.8) is 0 Å². The summed E-state index contributed by atoms with van der Waals surface area (Å²) < 4.78 is 11.1. The van der Waals surface area contributed by atoms with Crippen molar-refractivity contribution in [1.82, 2.24) is 10.2 Å². The van der Waals surface area contributed by atoms with E-state index in [-0.39, 0.29) is 18.7 Å². The first-order chi connectivity index (χ1) is 11.2. The molecule has 1 atom stereocenters. The zero-order chi connectivity index (χ0) is 16.2. The highest BCUT2D eigenvalue weighted by Gasteiger charge is 2.27. The van der Waals surface area contributed by atoms with E-state index in [1.165, 1.54) is 0 Å². The lowest BCUT2D eigenvalue weighted by Gasteiger charge is -2.33. The lowest BCUT2D eigenvalue weighted by atomic mass is 9.98. The number of methoxy groups -OCH3 is 1. The van der Waals surface area contributed by atoms with Crippen LogP contribution < -0.4 is 14.8 Å². The molecule has 1 aromatic carbocycles. The normalized spacial score (nSPS) is 21.3. The summed E-state index contributed by atoms with van der Waals surface area (Å²) in [6.45, 7) is 2.07. The third-order valence-corrected chi connectivity index (χ3v) is 4.66. The van der Waals surface area contributed by atoms with Crippen LogP contribution in [-0.4, -0.2) is 55.5 Å². The van der Waals surface area contributed by atoms with Crippen molar-refractivity contribution in [2.75, 3.05) is 33.4 Å². The van der Waals surface area contributed by atoms with Crippen molar-refractivity contribution < 1.29 is 19.4 Å². The topological polar surface area (TPSA) is 71.0 Å². The number of piperidine rings is 1. The summed E-state index contributed by atoms with van der Waals surface area (Å²) in [6.07, 6.45) is 2.47. The van der Waals surface area contributed by atoms with Gasteiger partial charge in [-0.1, -0.05) is 12.1 Å². The van der Waals surface area contributed by atoms with Gasteiger partial charge in [-0.25, -0.2) is 4.79 Å². The Bertz CT molecular complexity index is 556. The first-order valence-corrected chi connectivity index (χ1v) is 8.16. The number of carbonyl (C=O) groups is 1. The summed E-state index contributed by atoms with van der Waals surface area (Å²) in [7, 11) is 1.63. The van der Waals surface area contributed by atoms with Crippen LogP contribution in [0.3, 0.4) is 0 Å². The lowest BCUT2D eigenvalue weighted by molar-refractivity contribution is 0.132. The smallest absolute Gasteiger partial charge is 0.317 e. The highest BCUT2D eigenvalue weighted by Crippen LogP contribution is 2.34. The number of para-hydroxylation sites is 1. The van der Waals surface area contributed by atoms with Crippen LogP contribution in [0.25, 0.3) is 0 Å². The van der Waals surface area contributed by atoms with Crippen molar-refractivity contribution >= 4 is 6.03 Å². The molecule has 2 amide bonds. The quantitative estimate of drug-likeness (QED) is 0.883. The summed E-state index contributed by atoms with van der Waals surface area (Å²) in [5, 5.41) is 12.2. The number of fused-ring (bicyclic) bond motifs is 1. The van der Waals surface area contributed by atoms with E-state index in [0.29, 0.717) is 25.6 Å². The van der Waals surface area contributed by atoms with Gasteiger partial charge in [0.25, 0.3) is 0 Å². The lowest BCUT2D eigenvalue weighted by Crippen LogP contribution is -2.51. The SMILES string of the molecule is COc1cccc2c1OC[C@H](NC(=O)N1CCC(CO)CC1)C2. The molecule has 0 saturated carbocycles. The van der Waals surface area contributed by atoms with E-state index in [2.05, 4.69) is 5.32 Å². The first-order valence-electron chi connectivity index (χ1n) is 8.16. The predicted octanol–water partition coefficient (Wildman–Crippen LogP) is 1.41. The van der Waals surface area contributed by atoms with E-state index in [1.54, 1.807) is 7.11 Å². The van der Waals surface area contributed by atoms with Gasteiger partial charge in [-0.15, -0.1) is 0 Å². The molecule has 0 spiro atoms. The Hall–Kier alpha value is -1.95. The fourth-order valence-corrected chi connectivity index (χ4v) is 3.23. The molecule has 0 bridgehead atoms. The van der Waals surface area contributed by atoms with Crippen LogP contribution in [0.4, 0.5) is 4.79 Å². The number of aliphatic hydroxyl groups excluding tert-OH is 1. The van der Waals surface area contributed by atoms with Gasteiger partial charge in [0.2, 0.25) is 0 Å². The van der Waals surface area contributed by atoms with E-state index >= 15 is 0 Å². The van der Waals surface area contributed by atoms with Gasteiger partial charge >= 0.3 is 6.03 Å². The minimum Gasteiger partial charge on any atom is -0.493 e. The van der Waals surface area contributed by atoms with Gasteiger partial charge in [0.05, 0.1) is 13.2 Å². The van der Waals surface area contributed by atoms with Crippen molar-refractivity contribution in [2.45, 2.75) is 25.3 Å². The number of amides is 2. The fraction of sp³-hybridized carbons (Fsp3) is 0.588. The summed E-state index contributed by atoms with van der Waals surface area (Å²) in [5.41, 5.74) is 1.06. The molecule has 0 aliphatic carbocycles. The van der Waals surface area contributed by atoms with E-state index in [0.717, 1.165) is 36.3 Å². The number of nitrogens with one attached hydrogen (secondary N) is 1. The number of benzene rings is 1. The van der Waals surface area contributed by atoms with Crippen LogP contribution in [0.5, 0.6) is 11.5 Å². The van der Waals surface area contributed by atoms with Crippen LogP contribution >= 0.6 is 0 Å². The summed E-state index contributed by atoms with van der Waals surface area (Å²) >= 11 is 0. The van der Waals surface area contributed by atoms with Gasteiger partial charge in [-0.3, -0.25) is 0 Å². The minimum absolute atomic E-state index is 0.0299. The third kappa shape index (κ3) is 3.52. The number of urea groups is 1. The van der Waals surface area contributed by atoms with Crippen LogP contribution in [0.2, 0.25) is 0 Å². The van der Waals surface area contributed by atoms with Gasteiger partial charge in [0.1, 0.15) is 6.61 Å². The molecular formula is C17H24N2O4. The molecule has 1 aromatic rings. The number of hydrogen-bond acceptors (Lipinski definition) is 4. The van der Waals surface area contributed by atoms with Crippen LogP contribution in [0.1, 0.15) is 18.4 Å². The molecule has 6 nitrogen and oxygen atoms in total. The van der Waals surface area contributed by atoms with Crippen molar-refractivity contribution in [1.29, 1.82) is 0 Å². The van der Waals surface area contributed by atoms with E-state index < -0.39 is 0 Å². The molecule has 0 unspecified atom stereocenters. The maximum atomic E-state index is 12.4. The molecule has 0 radical (unpaired) electrons. The Morgan fingerprint density at radius 2 is 2.22 bits per heavy atom. The second-order valence-electron chi connectivity index (χ2n) is 6.22. The molecule has 2 heterocycles. The Labute approximate surface area is 136 Å². The molecule has 3 rings (SSSR count). The molecule has 2 aliphatic heterocycles. The molecule has 2 aliphatic rings. The number of hydrogen-bond donors (Lipinski definition) is 2. The Balaban J connectivity index is 1.56. The average Bonchev–Trinajstić information content (AvgIpc) is 2.61. The van der Waals surface area contributed by atoms with Crippen LogP contribution in [-0.2, 0) is 6.42 Å². The van der Waals surface area contributed by atoms with Crippen LogP contribution in [0, 0.1) is 5.92 Å². The second kappa shape index (κ2) is 7.08.